The molecule has 1 aliphatic heterocycles. The van der Waals surface area contributed by atoms with Gasteiger partial charge < -0.3 is 5.11 Å². The zero-order valence-electron chi connectivity index (χ0n) is 11.2. The Bertz CT molecular complexity index is 478. The van der Waals surface area contributed by atoms with Crippen LogP contribution < -0.4 is 11.3 Å². The molecule has 0 aromatic heterocycles. The molecule has 0 bridgehead atoms. The second kappa shape index (κ2) is 6.49. The molecule has 2 atom stereocenters. The van der Waals surface area contributed by atoms with Crippen LogP contribution >= 0.6 is 0 Å². The number of hydrogen-bond acceptors (Lipinski definition) is 4. The summed E-state index contributed by atoms with van der Waals surface area (Å²) < 4.78 is 0. The van der Waals surface area contributed by atoms with Crippen LogP contribution in [0.3, 0.4) is 0 Å². The van der Waals surface area contributed by atoms with Gasteiger partial charge in [0.1, 0.15) is 0 Å². The number of hydrazine groups is 1. The first-order chi connectivity index (χ1) is 9.61. The normalized spacial score (nSPS) is 23.2. The number of benzene rings is 1. The van der Waals surface area contributed by atoms with Crippen LogP contribution in [0.2, 0.25) is 0 Å². The van der Waals surface area contributed by atoms with Crippen LogP contribution in [0.15, 0.2) is 30.3 Å². The smallest absolute Gasteiger partial charge is 0.306 e. The quantitative estimate of drug-likeness (QED) is 0.419. The van der Waals surface area contributed by atoms with Crippen molar-refractivity contribution < 1.29 is 14.7 Å². The molecule has 0 aliphatic carbocycles. The molecule has 1 aromatic rings. The molecule has 108 valence electrons. The van der Waals surface area contributed by atoms with E-state index in [4.69, 9.17) is 10.9 Å². The highest BCUT2D eigenvalue weighted by molar-refractivity contribution is 5.82. The van der Waals surface area contributed by atoms with Crippen molar-refractivity contribution in [3.05, 3.63) is 35.9 Å². The number of rotatable bonds is 4. The molecule has 0 saturated carbocycles. The lowest BCUT2D eigenvalue weighted by Gasteiger charge is -2.36. The zero-order chi connectivity index (χ0) is 14.5. The van der Waals surface area contributed by atoms with Gasteiger partial charge >= 0.3 is 5.97 Å². The number of piperidine rings is 1. The topological polar surface area (TPSA) is 95.7 Å². The Morgan fingerprint density at radius 1 is 1.35 bits per heavy atom. The minimum Gasteiger partial charge on any atom is -0.481 e. The van der Waals surface area contributed by atoms with E-state index in [1.807, 2.05) is 35.2 Å². The van der Waals surface area contributed by atoms with Crippen molar-refractivity contribution in [2.24, 2.45) is 11.8 Å². The lowest BCUT2D eigenvalue weighted by atomic mass is 9.90. The summed E-state index contributed by atoms with van der Waals surface area (Å²) in [6, 6.07) is 9.30. The van der Waals surface area contributed by atoms with Crippen molar-refractivity contribution in [2.45, 2.75) is 25.4 Å². The third-order valence-electron chi connectivity index (χ3n) is 3.74. The molecule has 0 spiro atoms. The second-order valence-corrected chi connectivity index (χ2v) is 5.04. The number of amides is 1. The largest absolute Gasteiger partial charge is 0.481 e. The maximum atomic E-state index is 11.9. The van der Waals surface area contributed by atoms with Gasteiger partial charge in [-0.3, -0.25) is 19.9 Å². The van der Waals surface area contributed by atoms with Gasteiger partial charge in [0.25, 0.3) is 5.91 Å². The molecule has 20 heavy (non-hydrogen) atoms. The highest BCUT2D eigenvalue weighted by Gasteiger charge is 2.35. The van der Waals surface area contributed by atoms with Gasteiger partial charge in [-0.05, 0) is 18.4 Å². The molecule has 6 nitrogen and oxygen atoms in total. The predicted octanol–water partition coefficient (Wildman–Crippen LogP) is 0.342. The molecule has 1 aromatic carbocycles. The van der Waals surface area contributed by atoms with Gasteiger partial charge in [-0.15, -0.1) is 0 Å². The number of nitrogens with one attached hydrogen (secondary N) is 1. The molecule has 6 heteroatoms. The second-order valence-electron chi connectivity index (χ2n) is 5.04. The Balaban J connectivity index is 2.10. The Morgan fingerprint density at radius 2 is 2.05 bits per heavy atom. The molecule has 2 rings (SSSR count). The van der Waals surface area contributed by atoms with Crippen LogP contribution in [0.5, 0.6) is 0 Å². The van der Waals surface area contributed by atoms with Crippen LogP contribution in [-0.4, -0.2) is 34.5 Å². The molecule has 1 aliphatic rings. The fourth-order valence-corrected chi connectivity index (χ4v) is 2.61. The Morgan fingerprint density at radius 3 is 2.65 bits per heavy atom. The van der Waals surface area contributed by atoms with E-state index in [2.05, 4.69) is 5.43 Å². The van der Waals surface area contributed by atoms with E-state index in [0.29, 0.717) is 25.9 Å². The van der Waals surface area contributed by atoms with Gasteiger partial charge in [0, 0.05) is 13.1 Å². The SMILES string of the molecule is NNC(=O)C1CC(C(=O)O)CCN1Cc1ccccc1. The van der Waals surface area contributed by atoms with Crippen LogP contribution in [0.4, 0.5) is 0 Å². The van der Waals surface area contributed by atoms with Crippen molar-refractivity contribution in [3.8, 4) is 0 Å². The van der Waals surface area contributed by atoms with Crippen LogP contribution in [-0.2, 0) is 16.1 Å². The van der Waals surface area contributed by atoms with E-state index < -0.39 is 17.9 Å². The standard InChI is InChI=1S/C14H19N3O3/c15-16-13(18)12-8-11(14(19)20)6-7-17(12)9-10-4-2-1-3-5-10/h1-5,11-12H,6-9,15H2,(H,16,18)(H,19,20). The highest BCUT2D eigenvalue weighted by atomic mass is 16.4. The average Bonchev–Trinajstić information content (AvgIpc) is 2.47. The first-order valence-electron chi connectivity index (χ1n) is 6.63. The lowest BCUT2D eigenvalue weighted by Crippen LogP contribution is -2.53. The molecular weight excluding hydrogens is 258 g/mol. The van der Waals surface area contributed by atoms with E-state index in [0.717, 1.165) is 5.56 Å². The van der Waals surface area contributed by atoms with Gasteiger partial charge in [0.05, 0.1) is 12.0 Å². The predicted molar refractivity (Wildman–Crippen MR) is 73.3 cm³/mol. The fraction of sp³-hybridized carbons (Fsp3) is 0.429. The maximum Gasteiger partial charge on any atom is 0.306 e. The van der Waals surface area contributed by atoms with Crippen molar-refractivity contribution in [2.75, 3.05) is 6.54 Å². The number of carbonyl (C=O) groups is 2. The third kappa shape index (κ3) is 3.34. The minimum atomic E-state index is -0.848. The summed E-state index contributed by atoms with van der Waals surface area (Å²) in [6.45, 7) is 1.19. The van der Waals surface area contributed by atoms with Crippen LogP contribution in [0.1, 0.15) is 18.4 Å². The number of carbonyl (C=O) groups excluding carboxylic acids is 1. The monoisotopic (exact) mass is 277 g/mol. The zero-order valence-corrected chi connectivity index (χ0v) is 11.2. The first-order valence-corrected chi connectivity index (χ1v) is 6.63. The van der Waals surface area contributed by atoms with Gasteiger partial charge in [-0.2, -0.15) is 0 Å². The number of carboxylic acids is 1. The molecule has 1 heterocycles. The summed E-state index contributed by atoms with van der Waals surface area (Å²) in [4.78, 5) is 24.9. The lowest BCUT2D eigenvalue weighted by molar-refractivity contribution is -0.145. The fourth-order valence-electron chi connectivity index (χ4n) is 2.61. The van der Waals surface area contributed by atoms with Gasteiger partial charge in [0.15, 0.2) is 0 Å². The third-order valence-corrected chi connectivity index (χ3v) is 3.74. The van der Waals surface area contributed by atoms with Crippen LogP contribution in [0, 0.1) is 5.92 Å². The molecule has 1 saturated heterocycles. The first kappa shape index (κ1) is 14.5. The summed E-state index contributed by atoms with van der Waals surface area (Å²) in [6.07, 6.45) is 0.849. The summed E-state index contributed by atoms with van der Waals surface area (Å²) >= 11 is 0. The van der Waals surface area contributed by atoms with E-state index in [-0.39, 0.29) is 5.91 Å². The number of nitrogens with two attached hydrogens (primary N) is 1. The van der Waals surface area contributed by atoms with Crippen LogP contribution in [0.25, 0.3) is 0 Å². The van der Waals surface area contributed by atoms with E-state index in [1.165, 1.54) is 0 Å². The number of aliphatic carboxylic acids is 1. The highest BCUT2D eigenvalue weighted by Crippen LogP contribution is 2.25. The number of carboxylic acid groups (broad SMARTS) is 1. The minimum absolute atomic E-state index is 0.297. The maximum absolute atomic E-state index is 11.9. The van der Waals surface area contributed by atoms with E-state index in [1.54, 1.807) is 0 Å². The number of hydrogen-bond donors (Lipinski definition) is 3. The summed E-state index contributed by atoms with van der Waals surface area (Å²) in [5, 5.41) is 9.11. The molecule has 1 fully saturated rings. The molecule has 2 unspecified atom stereocenters. The average molecular weight is 277 g/mol. The number of nitrogens with zero attached hydrogens (tertiary/aromatic N) is 1. The van der Waals surface area contributed by atoms with E-state index in [9.17, 15) is 9.59 Å². The van der Waals surface area contributed by atoms with Crippen molar-refractivity contribution >= 4 is 11.9 Å². The molecule has 0 radical (unpaired) electrons. The summed E-state index contributed by atoms with van der Waals surface area (Å²) in [7, 11) is 0. The van der Waals surface area contributed by atoms with Gasteiger partial charge in [-0.25, -0.2) is 5.84 Å². The number of likely N-dealkylation sites (tertiary alicyclic amines) is 1. The summed E-state index contributed by atoms with van der Waals surface area (Å²) in [5.41, 5.74) is 3.23. The molecule has 4 N–H and O–H groups in total. The van der Waals surface area contributed by atoms with Crippen molar-refractivity contribution in [1.82, 2.24) is 10.3 Å². The van der Waals surface area contributed by atoms with Gasteiger partial charge in [-0.1, -0.05) is 30.3 Å². The Kier molecular flexibility index (Phi) is 4.70. The Hall–Kier alpha value is -1.92. The Labute approximate surface area is 117 Å². The van der Waals surface area contributed by atoms with Crippen molar-refractivity contribution in [3.63, 3.8) is 0 Å². The molecule has 1 amide bonds. The van der Waals surface area contributed by atoms with Gasteiger partial charge in [0.2, 0.25) is 0 Å². The summed E-state index contributed by atoms with van der Waals surface area (Å²) in [5.74, 6) is 3.55. The van der Waals surface area contributed by atoms with Crippen molar-refractivity contribution in [1.29, 1.82) is 0 Å². The molecular formula is C14H19N3O3. The van der Waals surface area contributed by atoms with E-state index >= 15 is 0 Å².